The summed E-state index contributed by atoms with van der Waals surface area (Å²) in [4.78, 5) is 23.5. The molecule has 0 rings (SSSR count). The smallest absolute Gasteiger partial charge is 0.247 e. The van der Waals surface area contributed by atoms with E-state index in [2.05, 4.69) is 12.2 Å². The van der Waals surface area contributed by atoms with Crippen molar-refractivity contribution in [3.63, 3.8) is 0 Å². The van der Waals surface area contributed by atoms with Crippen LogP contribution in [0.15, 0.2) is 0 Å². The average Bonchev–Trinajstić information content (AvgIpc) is 2.37. The molecule has 0 aromatic heterocycles. The van der Waals surface area contributed by atoms with E-state index in [0.717, 1.165) is 19.3 Å². The maximum absolute atomic E-state index is 11.9. The Labute approximate surface area is 108 Å². The molecule has 106 valence electrons. The number of rotatable bonds is 9. The molecule has 6 heteroatoms. The largest absolute Gasteiger partial charge is 0.344 e. The number of hydroxylamine groups is 1. The van der Waals surface area contributed by atoms with Gasteiger partial charge < -0.3 is 11.1 Å². The number of nitrogens with two attached hydrogens (primary N) is 1. The molecule has 2 amide bonds. The maximum Gasteiger partial charge on any atom is 0.247 e. The van der Waals surface area contributed by atoms with Gasteiger partial charge in [-0.25, -0.2) is 5.48 Å². The summed E-state index contributed by atoms with van der Waals surface area (Å²) in [6.45, 7) is 3.95. The fourth-order valence-corrected chi connectivity index (χ4v) is 2.10. The molecule has 0 heterocycles. The molecule has 6 nitrogen and oxygen atoms in total. The van der Waals surface area contributed by atoms with E-state index in [0.29, 0.717) is 12.8 Å². The van der Waals surface area contributed by atoms with Crippen molar-refractivity contribution < 1.29 is 14.8 Å². The van der Waals surface area contributed by atoms with Crippen molar-refractivity contribution in [1.29, 1.82) is 0 Å². The summed E-state index contributed by atoms with van der Waals surface area (Å²) in [7, 11) is 0. The number of hydrogen-bond acceptors (Lipinski definition) is 4. The number of amides is 2. The van der Waals surface area contributed by atoms with Crippen LogP contribution in [0.4, 0.5) is 0 Å². The molecule has 5 N–H and O–H groups in total. The van der Waals surface area contributed by atoms with Crippen LogP contribution < -0.4 is 16.5 Å². The summed E-state index contributed by atoms with van der Waals surface area (Å²) in [5, 5.41) is 11.3. The molecule has 0 aliphatic carbocycles. The van der Waals surface area contributed by atoms with Gasteiger partial charge in [0.2, 0.25) is 11.8 Å². The molecule has 0 saturated carbocycles. The fourth-order valence-electron chi connectivity index (χ4n) is 2.10. The SMILES string of the molecule is CCCCC[C@@H](C(=O)NCN)[C@@H](CC)C(=O)NO. The molecule has 0 bridgehead atoms. The van der Waals surface area contributed by atoms with Crippen LogP contribution in [0.5, 0.6) is 0 Å². The van der Waals surface area contributed by atoms with E-state index in [1.807, 2.05) is 6.92 Å². The van der Waals surface area contributed by atoms with Crippen molar-refractivity contribution in [2.75, 3.05) is 6.67 Å². The van der Waals surface area contributed by atoms with Crippen LogP contribution in [-0.4, -0.2) is 23.7 Å². The lowest BCUT2D eigenvalue weighted by Gasteiger charge is -2.23. The molecule has 2 atom stereocenters. The second kappa shape index (κ2) is 9.85. The zero-order chi connectivity index (χ0) is 14.0. The highest BCUT2D eigenvalue weighted by molar-refractivity contribution is 5.87. The van der Waals surface area contributed by atoms with Crippen molar-refractivity contribution in [3.05, 3.63) is 0 Å². The normalized spacial score (nSPS) is 13.8. The third-order valence-corrected chi connectivity index (χ3v) is 3.10. The molecule has 0 fully saturated rings. The predicted octanol–water partition coefficient (Wildman–Crippen LogP) is 0.747. The first-order valence-corrected chi connectivity index (χ1v) is 6.54. The summed E-state index contributed by atoms with van der Waals surface area (Å²) in [6.07, 6.45) is 4.08. The Kier molecular flexibility index (Phi) is 9.22. The summed E-state index contributed by atoms with van der Waals surface area (Å²) in [5.41, 5.74) is 6.92. The number of nitrogens with one attached hydrogen (secondary N) is 2. The Morgan fingerprint density at radius 2 is 1.83 bits per heavy atom. The van der Waals surface area contributed by atoms with E-state index < -0.39 is 17.7 Å². The molecule has 18 heavy (non-hydrogen) atoms. The van der Waals surface area contributed by atoms with Crippen LogP contribution in [0.2, 0.25) is 0 Å². The molecular formula is C12H25N3O3. The van der Waals surface area contributed by atoms with Crippen molar-refractivity contribution in [2.24, 2.45) is 17.6 Å². The summed E-state index contributed by atoms with van der Waals surface area (Å²) in [5.74, 6) is -1.68. The zero-order valence-electron chi connectivity index (χ0n) is 11.2. The van der Waals surface area contributed by atoms with Gasteiger partial charge >= 0.3 is 0 Å². The Morgan fingerprint density at radius 3 is 2.28 bits per heavy atom. The van der Waals surface area contributed by atoms with Gasteiger partial charge in [-0.1, -0.05) is 33.1 Å². The maximum atomic E-state index is 11.9. The van der Waals surface area contributed by atoms with Gasteiger partial charge in [-0.2, -0.15) is 0 Å². The monoisotopic (exact) mass is 259 g/mol. The lowest BCUT2D eigenvalue weighted by molar-refractivity contribution is -0.140. The lowest BCUT2D eigenvalue weighted by atomic mass is 9.84. The Bertz CT molecular complexity index is 259. The highest BCUT2D eigenvalue weighted by atomic mass is 16.5. The van der Waals surface area contributed by atoms with Gasteiger partial charge in [0.25, 0.3) is 0 Å². The predicted molar refractivity (Wildman–Crippen MR) is 68.5 cm³/mol. The fraction of sp³-hybridized carbons (Fsp3) is 0.833. The molecule has 0 aromatic carbocycles. The number of hydrogen-bond donors (Lipinski definition) is 4. The summed E-state index contributed by atoms with van der Waals surface area (Å²) in [6, 6.07) is 0. The van der Waals surface area contributed by atoms with Gasteiger partial charge in [0.15, 0.2) is 0 Å². The third-order valence-electron chi connectivity index (χ3n) is 3.10. The van der Waals surface area contributed by atoms with Gasteiger partial charge in [-0.05, 0) is 12.8 Å². The van der Waals surface area contributed by atoms with E-state index in [1.54, 1.807) is 5.48 Å². The molecular weight excluding hydrogens is 234 g/mol. The number of carbonyl (C=O) groups is 2. The first kappa shape index (κ1) is 16.9. The highest BCUT2D eigenvalue weighted by Crippen LogP contribution is 2.23. The molecule has 0 radical (unpaired) electrons. The molecule has 0 aliphatic rings. The second-order valence-corrected chi connectivity index (χ2v) is 4.34. The van der Waals surface area contributed by atoms with Gasteiger partial charge in [0.1, 0.15) is 0 Å². The van der Waals surface area contributed by atoms with Crippen molar-refractivity contribution >= 4 is 11.8 Å². The number of carbonyl (C=O) groups excluding carboxylic acids is 2. The standard InChI is InChI=1S/C12H25N3O3/c1-3-5-6-7-10(11(16)14-8-13)9(4-2)12(17)15-18/h9-10,18H,3-8,13H2,1-2H3,(H,14,16)(H,15,17)/t9-,10-/m1/s1. The van der Waals surface area contributed by atoms with Gasteiger partial charge in [-0.3, -0.25) is 14.8 Å². The third kappa shape index (κ3) is 5.46. The van der Waals surface area contributed by atoms with E-state index in [4.69, 9.17) is 10.9 Å². The van der Waals surface area contributed by atoms with Crippen molar-refractivity contribution in [2.45, 2.75) is 46.0 Å². The Balaban J connectivity index is 4.69. The summed E-state index contributed by atoms with van der Waals surface area (Å²) >= 11 is 0. The van der Waals surface area contributed by atoms with E-state index in [1.165, 1.54) is 0 Å². The van der Waals surface area contributed by atoms with Gasteiger partial charge in [-0.15, -0.1) is 0 Å². The Morgan fingerprint density at radius 1 is 1.17 bits per heavy atom. The first-order chi connectivity index (χ1) is 8.62. The average molecular weight is 259 g/mol. The molecule has 0 saturated heterocycles. The topological polar surface area (TPSA) is 104 Å². The van der Waals surface area contributed by atoms with Crippen LogP contribution in [-0.2, 0) is 9.59 Å². The second-order valence-electron chi connectivity index (χ2n) is 4.34. The lowest BCUT2D eigenvalue weighted by Crippen LogP contribution is -2.42. The number of unbranched alkanes of at least 4 members (excludes halogenated alkanes) is 2. The van der Waals surface area contributed by atoms with E-state index >= 15 is 0 Å². The van der Waals surface area contributed by atoms with Crippen LogP contribution in [0.25, 0.3) is 0 Å². The van der Waals surface area contributed by atoms with E-state index in [9.17, 15) is 9.59 Å². The first-order valence-electron chi connectivity index (χ1n) is 6.54. The minimum atomic E-state index is -0.515. The van der Waals surface area contributed by atoms with Gasteiger partial charge in [0.05, 0.1) is 12.6 Å². The molecule has 0 spiro atoms. The van der Waals surface area contributed by atoms with Crippen molar-refractivity contribution in [3.8, 4) is 0 Å². The highest BCUT2D eigenvalue weighted by Gasteiger charge is 2.31. The molecule has 0 unspecified atom stereocenters. The van der Waals surface area contributed by atoms with E-state index in [-0.39, 0.29) is 12.6 Å². The van der Waals surface area contributed by atoms with Crippen LogP contribution in [0.3, 0.4) is 0 Å². The van der Waals surface area contributed by atoms with Crippen LogP contribution in [0.1, 0.15) is 46.0 Å². The van der Waals surface area contributed by atoms with Gasteiger partial charge in [0, 0.05) is 5.92 Å². The Hall–Kier alpha value is -1.14. The summed E-state index contributed by atoms with van der Waals surface area (Å²) < 4.78 is 0. The molecule has 0 aromatic rings. The van der Waals surface area contributed by atoms with Crippen LogP contribution >= 0.6 is 0 Å². The van der Waals surface area contributed by atoms with Crippen LogP contribution in [0, 0.1) is 11.8 Å². The quantitative estimate of drug-likeness (QED) is 0.212. The minimum absolute atomic E-state index is 0.0558. The van der Waals surface area contributed by atoms with Crippen molar-refractivity contribution in [1.82, 2.24) is 10.8 Å². The minimum Gasteiger partial charge on any atom is -0.344 e. The molecule has 0 aliphatic heterocycles. The zero-order valence-corrected chi connectivity index (χ0v) is 11.2.